The Hall–Kier alpha value is -3.23. The van der Waals surface area contributed by atoms with Crippen LogP contribution in [0.2, 0.25) is 0 Å². The highest BCUT2D eigenvalue weighted by molar-refractivity contribution is 5.97. The molecule has 0 spiro atoms. The predicted octanol–water partition coefficient (Wildman–Crippen LogP) is 5.36. The van der Waals surface area contributed by atoms with Gasteiger partial charge in [0.1, 0.15) is 5.82 Å². The van der Waals surface area contributed by atoms with Crippen LogP contribution in [0.25, 0.3) is 0 Å². The van der Waals surface area contributed by atoms with E-state index in [-0.39, 0.29) is 29.0 Å². The van der Waals surface area contributed by atoms with E-state index in [2.05, 4.69) is 5.32 Å². The van der Waals surface area contributed by atoms with Gasteiger partial charge in [-0.05, 0) is 49.4 Å². The van der Waals surface area contributed by atoms with Crippen LogP contribution >= 0.6 is 0 Å². The number of hydrogen-bond donors (Lipinski definition) is 2. The molecule has 1 fully saturated rings. The van der Waals surface area contributed by atoms with Gasteiger partial charge in [0.25, 0.3) is 0 Å². The quantitative estimate of drug-likeness (QED) is 0.406. The van der Waals surface area contributed by atoms with Crippen molar-refractivity contribution < 1.29 is 37.1 Å². The van der Waals surface area contributed by atoms with Crippen molar-refractivity contribution in [3.05, 3.63) is 65.0 Å². The van der Waals surface area contributed by atoms with E-state index in [1.807, 2.05) is 0 Å². The molecule has 1 aliphatic rings. The standard InChI is InChI=1S/C24H23F4NO4/c1-13(24(26,27)28)20(17-6-4-16(5-7-17)14(2)30)21(31)29-19-11-15(3-8-18(19)25)12-23(9-10-23)22(32)33/h3-8,11,13,20H,9-10,12H2,1-2H3,(H,29,31)(H,32,33)/t13-,20+/m1/s1. The lowest BCUT2D eigenvalue weighted by atomic mass is 9.85. The van der Waals surface area contributed by atoms with Crippen molar-refractivity contribution in [1.82, 2.24) is 0 Å². The summed E-state index contributed by atoms with van der Waals surface area (Å²) in [5, 5.41) is 11.6. The van der Waals surface area contributed by atoms with Gasteiger partial charge < -0.3 is 10.4 Å². The topological polar surface area (TPSA) is 83.5 Å². The van der Waals surface area contributed by atoms with Crippen LogP contribution in [-0.2, 0) is 16.0 Å². The van der Waals surface area contributed by atoms with E-state index >= 15 is 0 Å². The number of nitrogens with one attached hydrogen (secondary N) is 1. The summed E-state index contributed by atoms with van der Waals surface area (Å²) >= 11 is 0. The fourth-order valence-corrected chi connectivity index (χ4v) is 3.78. The Morgan fingerprint density at radius 2 is 1.70 bits per heavy atom. The van der Waals surface area contributed by atoms with E-state index in [1.54, 1.807) is 0 Å². The Labute approximate surface area is 187 Å². The van der Waals surface area contributed by atoms with Gasteiger partial charge in [-0.25, -0.2) is 4.39 Å². The van der Waals surface area contributed by atoms with Crippen LogP contribution in [0.4, 0.5) is 23.2 Å². The van der Waals surface area contributed by atoms with Gasteiger partial charge in [-0.2, -0.15) is 13.2 Å². The minimum atomic E-state index is -4.71. The summed E-state index contributed by atoms with van der Waals surface area (Å²) in [5.74, 6) is -6.94. The number of rotatable bonds is 8. The molecule has 2 atom stereocenters. The molecule has 0 saturated heterocycles. The predicted molar refractivity (Wildman–Crippen MR) is 112 cm³/mol. The first kappa shape index (κ1) is 24.4. The molecular formula is C24H23F4NO4. The third kappa shape index (κ3) is 5.40. The summed E-state index contributed by atoms with van der Waals surface area (Å²) in [6, 6.07) is 8.92. The summed E-state index contributed by atoms with van der Waals surface area (Å²) in [4.78, 5) is 35.8. The number of Topliss-reactive ketones (excluding diaryl/α,β-unsaturated/α-hetero) is 1. The highest BCUT2D eigenvalue weighted by Crippen LogP contribution is 2.49. The largest absolute Gasteiger partial charge is 0.481 e. The van der Waals surface area contributed by atoms with E-state index in [1.165, 1.54) is 43.3 Å². The zero-order chi connectivity index (χ0) is 24.6. The second kappa shape index (κ2) is 8.96. The molecule has 33 heavy (non-hydrogen) atoms. The second-order valence-corrected chi connectivity index (χ2v) is 8.55. The van der Waals surface area contributed by atoms with Crippen LogP contribution in [0.15, 0.2) is 42.5 Å². The molecule has 0 aliphatic heterocycles. The summed E-state index contributed by atoms with van der Waals surface area (Å²) < 4.78 is 55.0. The number of aliphatic carboxylic acids is 1. The fraction of sp³-hybridized carbons (Fsp3) is 0.375. The molecule has 0 unspecified atom stereocenters. The van der Waals surface area contributed by atoms with Crippen molar-refractivity contribution in [1.29, 1.82) is 0 Å². The summed E-state index contributed by atoms with van der Waals surface area (Å²) in [5.41, 5.74) is -0.480. The molecule has 0 bridgehead atoms. The minimum absolute atomic E-state index is 0.0294. The van der Waals surface area contributed by atoms with Crippen molar-refractivity contribution in [3.63, 3.8) is 0 Å². The number of ketones is 1. The van der Waals surface area contributed by atoms with Crippen molar-refractivity contribution in [3.8, 4) is 0 Å². The van der Waals surface area contributed by atoms with Crippen molar-refractivity contribution in [2.45, 2.75) is 45.2 Å². The van der Waals surface area contributed by atoms with Gasteiger partial charge >= 0.3 is 12.1 Å². The van der Waals surface area contributed by atoms with Crippen LogP contribution in [0.5, 0.6) is 0 Å². The van der Waals surface area contributed by atoms with E-state index in [9.17, 15) is 37.1 Å². The van der Waals surface area contributed by atoms with Gasteiger partial charge in [-0.3, -0.25) is 14.4 Å². The number of carbonyl (C=O) groups excluding carboxylic acids is 2. The van der Waals surface area contributed by atoms with E-state index in [0.717, 1.165) is 13.0 Å². The lowest BCUT2D eigenvalue weighted by Crippen LogP contribution is -2.34. The third-order valence-electron chi connectivity index (χ3n) is 6.11. The van der Waals surface area contributed by atoms with Crippen LogP contribution in [0.3, 0.4) is 0 Å². The van der Waals surface area contributed by atoms with Crippen molar-refractivity contribution >= 4 is 23.3 Å². The Kier molecular flexibility index (Phi) is 6.63. The fourth-order valence-electron chi connectivity index (χ4n) is 3.78. The van der Waals surface area contributed by atoms with E-state index < -0.39 is 41.1 Å². The first-order valence-electron chi connectivity index (χ1n) is 10.3. The number of anilines is 1. The molecule has 9 heteroatoms. The number of benzene rings is 2. The number of halogens is 4. The molecule has 2 N–H and O–H groups in total. The Morgan fingerprint density at radius 3 is 2.18 bits per heavy atom. The molecule has 5 nitrogen and oxygen atoms in total. The SMILES string of the molecule is CC(=O)c1ccc([C@@H](C(=O)Nc2cc(CC3(C(=O)O)CC3)ccc2F)[C@@H](C)C(F)(F)F)cc1. The molecule has 1 amide bonds. The molecule has 0 radical (unpaired) electrons. The molecule has 0 heterocycles. The lowest BCUT2D eigenvalue weighted by Gasteiger charge is -2.26. The first-order valence-corrected chi connectivity index (χ1v) is 10.3. The van der Waals surface area contributed by atoms with Gasteiger partial charge in [0.05, 0.1) is 22.9 Å². The molecular weight excluding hydrogens is 442 g/mol. The molecule has 1 saturated carbocycles. The maximum absolute atomic E-state index is 14.4. The van der Waals surface area contributed by atoms with Gasteiger partial charge in [-0.1, -0.05) is 37.3 Å². The number of carboxylic acid groups (broad SMARTS) is 1. The molecule has 176 valence electrons. The van der Waals surface area contributed by atoms with Crippen LogP contribution in [-0.4, -0.2) is 28.9 Å². The number of hydrogen-bond acceptors (Lipinski definition) is 3. The third-order valence-corrected chi connectivity index (χ3v) is 6.11. The highest BCUT2D eigenvalue weighted by atomic mass is 19.4. The maximum Gasteiger partial charge on any atom is 0.392 e. The van der Waals surface area contributed by atoms with Gasteiger partial charge in [0.15, 0.2) is 5.78 Å². The van der Waals surface area contributed by atoms with Crippen LogP contribution in [0.1, 0.15) is 54.1 Å². The minimum Gasteiger partial charge on any atom is -0.481 e. The average Bonchev–Trinajstić information content (AvgIpc) is 3.51. The van der Waals surface area contributed by atoms with E-state index in [4.69, 9.17) is 0 Å². The Morgan fingerprint density at radius 1 is 1.09 bits per heavy atom. The summed E-state index contributed by atoms with van der Waals surface area (Å²) in [6.45, 7) is 2.17. The number of alkyl halides is 3. The lowest BCUT2D eigenvalue weighted by molar-refractivity contribution is -0.178. The first-order chi connectivity index (χ1) is 15.3. The van der Waals surface area contributed by atoms with Crippen LogP contribution < -0.4 is 5.32 Å². The zero-order valence-electron chi connectivity index (χ0n) is 18.0. The van der Waals surface area contributed by atoms with Gasteiger partial charge in [0.2, 0.25) is 5.91 Å². The summed E-state index contributed by atoms with van der Waals surface area (Å²) in [6.07, 6.45) is -3.63. The Bertz CT molecular complexity index is 1070. The van der Waals surface area contributed by atoms with Gasteiger partial charge in [0, 0.05) is 5.56 Å². The zero-order valence-corrected chi connectivity index (χ0v) is 18.0. The van der Waals surface area contributed by atoms with Crippen molar-refractivity contribution in [2.75, 3.05) is 5.32 Å². The van der Waals surface area contributed by atoms with Crippen molar-refractivity contribution in [2.24, 2.45) is 11.3 Å². The maximum atomic E-state index is 14.4. The molecule has 1 aliphatic carbocycles. The van der Waals surface area contributed by atoms with Crippen LogP contribution in [0, 0.1) is 17.2 Å². The normalized spacial score (nSPS) is 16.5. The van der Waals surface area contributed by atoms with E-state index in [0.29, 0.717) is 18.4 Å². The smallest absolute Gasteiger partial charge is 0.392 e. The average molecular weight is 465 g/mol. The number of amides is 1. The Balaban J connectivity index is 1.90. The highest BCUT2D eigenvalue weighted by Gasteiger charge is 2.50. The van der Waals surface area contributed by atoms with Gasteiger partial charge in [-0.15, -0.1) is 0 Å². The molecule has 3 rings (SSSR count). The molecule has 2 aromatic carbocycles. The number of carbonyl (C=O) groups is 3. The monoisotopic (exact) mass is 465 g/mol. The molecule has 2 aromatic rings. The summed E-state index contributed by atoms with van der Waals surface area (Å²) in [7, 11) is 0. The number of carboxylic acids is 1. The second-order valence-electron chi connectivity index (χ2n) is 8.55. The molecule has 0 aromatic heterocycles.